The average molecular weight is 486 g/mol. The molecule has 2 amide bonds. The third kappa shape index (κ3) is 7.53. The SMILES string of the molecule is Cc1cccc(CN2C(=O)CCCC2C(F)(F)F)c1.O=C(O)CNC(=O)c1c(F)cccc1F. The van der Waals surface area contributed by atoms with Crippen molar-refractivity contribution in [1.82, 2.24) is 10.2 Å². The van der Waals surface area contributed by atoms with Crippen LogP contribution in [0.15, 0.2) is 42.5 Å². The molecule has 1 saturated heterocycles. The van der Waals surface area contributed by atoms with E-state index in [-0.39, 0.29) is 19.4 Å². The van der Waals surface area contributed by atoms with Gasteiger partial charge in [0.25, 0.3) is 5.91 Å². The summed E-state index contributed by atoms with van der Waals surface area (Å²) >= 11 is 0. The maximum atomic E-state index is 13.0. The Morgan fingerprint density at radius 1 is 1.12 bits per heavy atom. The van der Waals surface area contributed by atoms with E-state index in [0.717, 1.165) is 34.2 Å². The lowest BCUT2D eigenvalue weighted by Crippen LogP contribution is -2.50. The quantitative estimate of drug-likeness (QED) is 0.620. The highest BCUT2D eigenvalue weighted by molar-refractivity contribution is 5.96. The molecule has 0 aromatic heterocycles. The van der Waals surface area contributed by atoms with Gasteiger partial charge in [-0.3, -0.25) is 14.4 Å². The molecule has 0 bridgehead atoms. The van der Waals surface area contributed by atoms with Gasteiger partial charge in [-0.2, -0.15) is 13.2 Å². The first-order chi connectivity index (χ1) is 15.9. The number of nitrogens with one attached hydrogen (secondary N) is 1. The summed E-state index contributed by atoms with van der Waals surface area (Å²) in [4.78, 5) is 34.0. The Morgan fingerprint density at radius 3 is 2.29 bits per heavy atom. The molecule has 6 nitrogen and oxygen atoms in total. The first-order valence-electron chi connectivity index (χ1n) is 10.3. The number of likely N-dealkylation sites (tertiary alicyclic amines) is 1. The molecule has 2 N–H and O–H groups in total. The van der Waals surface area contributed by atoms with E-state index in [0.29, 0.717) is 6.42 Å². The second kappa shape index (κ2) is 11.6. The number of halogens is 5. The van der Waals surface area contributed by atoms with Crippen molar-refractivity contribution in [2.45, 2.75) is 44.9 Å². The van der Waals surface area contributed by atoms with Crippen LogP contribution in [-0.2, 0) is 16.1 Å². The Labute approximate surface area is 192 Å². The van der Waals surface area contributed by atoms with Crippen molar-refractivity contribution in [3.8, 4) is 0 Å². The zero-order chi connectivity index (χ0) is 25.5. The molecule has 1 aliphatic heterocycles. The van der Waals surface area contributed by atoms with Crippen LogP contribution in [0, 0.1) is 18.6 Å². The molecule has 1 atom stereocenters. The minimum Gasteiger partial charge on any atom is -0.480 e. The van der Waals surface area contributed by atoms with Gasteiger partial charge in [0.15, 0.2) is 0 Å². The van der Waals surface area contributed by atoms with Crippen molar-refractivity contribution in [3.63, 3.8) is 0 Å². The highest BCUT2D eigenvalue weighted by Crippen LogP contribution is 2.33. The first-order valence-corrected chi connectivity index (χ1v) is 10.3. The number of benzene rings is 2. The monoisotopic (exact) mass is 486 g/mol. The van der Waals surface area contributed by atoms with E-state index >= 15 is 0 Å². The van der Waals surface area contributed by atoms with Crippen LogP contribution in [0.2, 0.25) is 0 Å². The minimum absolute atomic E-state index is 0.00105. The van der Waals surface area contributed by atoms with E-state index in [2.05, 4.69) is 0 Å². The number of carboxylic acid groups (broad SMARTS) is 1. The number of amides is 2. The van der Waals surface area contributed by atoms with E-state index in [4.69, 9.17) is 5.11 Å². The van der Waals surface area contributed by atoms with Gasteiger partial charge < -0.3 is 15.3 Å². The maximum Gasteiger partial charge on any atom is 0.408 e. The molecule has 11 heteroatoms. The summed E-state index contributed by atoms with van der Waals surface area (Å²) in [5, 5.41) is 10.1. The average Bonchev–Trinajstić information content (AvgIpc) is 2.73. The van der Waals surface area contributed by atoms with E-state index in [9.17, 15) is 36.3 Å². The fourth-order valence-corrected chi connectivity index (χ4v) is 3.42. The number of rotatable bonds is 5. The number of carbonyl (C=O) groups is 3. The number of carboxylic acids is 1. The zero-order valence-electron chi connectivity index (χ0n) is 18.2. The van der Waals surface area contributed by atoms with Crippen molar-refractivity contribution in [3.05, 3.63) is 70.8 Å². The molecule has 0 radical (unpaired) electrons. The Bertz CT molecular complexity index is 1020. The lowest BCUT2D eigenvalue weighted by molar-refractivity contribution is -0.197. The maximum absolute atomic E-state index is 13.0. The van der Waals surface area contributed by atoms with Crippen molar-refractivity contribution < 1.29 is 41.4 Å². The molecule has 1 heterocycles. The molecule has 0 saturated carbocycles. The molecule has 1 unspecified atom stereocenters. The van der Waals surface area contributed by atoms with Crippen molar-refractivity contribution >= 4 is 17.8 Å². The molecule has 3 rings (SSSR count). The second-order valence-corrected chi connectivity index (χ2v) is 7.63. The van der Waals surface area contributed by atoms with Crippen LogP contribution in [0.1, 0.15) is 40.7 Å². The van der Waals surface area contributed by atoms with Gasteiger partial charge in [-0.1, -0.05) is 35.9 Å². The molecule has 0 aliphatic carbocycles. The second-order valence-electron chi connectivity index (χ2n) is 7.63. The lowest BCUT2D eigenvalue weighted by Gasteiger charge is -2.36. The summed E-state index contributed by atoms with van der Waals surface area (Å²) in [5.41, 5.74) is 0.939. The molecule has 1 aliphatic rings. The lowest BCUT2D eigenvalue weighted by atomic mass is 9.99. The predicted octanol–water partition coefficient (Wildman–Crippen LogP) is 4.22. The van der Waals surface area contributed by atoms with Gasteiger partial charge in [0.1, 0.15) is 29.8 Å². The molecule has 184 valence electrons. The molecule has 2 aromatic carbocycles. The number of carbonyl (C=O) groups excluding carboxylic acids is 2. The summed E-state index contributed by atoms with van der Waals surface area (Å²) in [6.07, 6.45) is -3.83. The van der Waals surface area contributed by atoms with Gasteiger partial charge in [-0.15, -0.1) is 0 Å². The van der Waals surface area contributed by atoms with Crippen LogP contribution in [0.4, 0.5) is 22.0 Å². The Morgan fingerprint density at radius 2 is 1.74 bits per heavy atom. The third-order valence-electron chi connectivity index (χ3n) is 4.97. The van der Waals surface area contributed by atoms with E-state index in [1.807, 2.05) is 24.4 Å². The van der Waals surface area contributed by atoms with Gasteiger partial charge >= 0.3 is 12.1 Å². The van der Waals surface area contributed by atoms with Crippen LogP contribution >= 0.6 is 0 Å². The van der Waals surface area contributed by atoms with Gasteiger partial charge in [0, 0.05) is 13.0 Å². The normalized spacial score (nSPS) is 15.9. The van der Waals surface area contributed by atoms with Gasteiger partial charge in [-0.05, 0) is 37.5 Å². The number of piperidine rings is 1. The largest absolute Gasteiger partial charge is 0.480 e. The summed E-state index contributed by atoms with van der Waals surface area (Å²) < 4.78 is 64.8. The highest BCUT2D eigenvalue weighted by Gasteiger charge is 2.46. The first kappa shape index (κ1) is 26.7. The van der Waals surface area contributed by atoms with Gasteiger partial charge in [0.05, 0.1) is 0 Å². The third-order valence-corrected chi connectivity index (χ3v) is 4.97. The van der Waals surface area contributed by atoms with Crippen molar-refractivity contribution in [2.24, 2.45) is 0 Å². The molecule has 2 aromatic rings. The van der Waals surface area contributed by atoms with Crippen LogP contribution in [0.3, 0.4) is 0 Å². The van der Waals surface area contributed by atoms with Crippen molar-refractivity contribution in [2.75, 3.05) is 6.54 Å². The summed E-state index contributed by atoms with van der Waals surface area (Å²) in [5.74, 6) is -4.85. The summed E-state index contributed by atoms with van der Waals surface area (Å²) in [6, 6.07) is 8.53. The molecule has 34 heavy (non-hydrogen) atoms. The molecule has 1 fully saturated rings. The number of alkyl halides is 3. The Balaban J connectivity index is 0.000000248. The Hall–Kier alpha value is -3.50. The molecular formula is C23H23F5N2O4. The smallest absolute Gasteiger partial charge is 0.408 e. The zero-order valence-corrected chi connectivity index (χ0v) is 18.2. The summed E-state index contributed by atoms with van der Waals surface area (Å²) in [6.45, 7) is 1.22. The number of hydrogen-bond donors (Lipinski definition) is 2. The number of hydrogen-bond acceptors (Lipinski definition) is 3. The highest BCUT2D eigenvalue weighted by atomic mass is 19.4. The fourth-order valence-electron chi connectivity index (χ4n) is 3.42. The minimum atomic E-state index is -4.35. The van der Waals surface area contributed by atoms with Crippen molar-refractivity contribution in [1.29, 1.82) is 0 Å². The number of aliphatic carboxylic acids is 1. The van der Waals surface area contributed by atoms with E-state index < -0.39 is 53.7 Å². The summed E-state index contributed by atoms with van der Waals surface area (Å²) in [7, 11) is 0. The van der Waals surface area contributed by atoms with Gasteiger partial charge in [-0.25, -0.2) is 8.78 Å². The van der Waals surface area contributed by atoms with E-state index in [1.54, 1.807) is 12.1 Å². The standard InChI is InChI=1S/C14H16F3NO.C9H7F2NO3/c1-10-4-2-5-11(8-10)9-18-12(14(15,16)17)6-3-7-13(18)19;10-5-2-1-3-6(11)8(5)9(15)12-4-7(13)14/h2,4-5,8,12H,3,6-7,9H2,1H3;1-3H,4H2,(H,12,15)(H,13,14). The fraction of sp³-hybridized carbons (Fsp3) is 0.348. The van der Waals surface area contributed by atoms with Gasteiger partial charge in [0.2, 0.25) is 5.91 Å². The predicted molar refractivity (Wildman–Crippen MR) is 112 cm³/mol. The van der Waals surface area contributed by atoms with Crippen LogP contribution < -0.4 is 5.32 Å². The number of nitrogens with zero attached hydrogens (tertiary/aromatic N) is 1. The topological polar surface area (TPSA) is 86.7 Å². The molecule has 0 spiro atoms. The van der Waals surface area contributed by atoms with E-state index in [1.165, 1.54) is 0 Å². The molecular weight excluding hydrogens is 463 g/mol. The number of aryl methyl sites for hydroxylation is 1. The van der Waals surface area contributed by atoms with Crippen LogP contribution in [0.25, 0.3) is 0 Å². The Kier molecular flexibility index (Phi) is 9.11. The van der Waals surface area contributed by atoms with Crippen LogP contribution in [-0.4, -0.2) is 46.6 Å². The van der Waals surface area contributed by atoms with Crippen LogP contribution in [0.5, 0.6) is 0 Å².